The van der Waals surface area contributed by atoms with E-state index in [1.165, 1.54) is 11.1 Å². The molecule has 4 atom stereocenters. The van der Waals surface area contributed by atoms with E-state index in [0.29, 0.717) is 36.6 Å². The van der Waals surface area contributed by atoms with Gasteiger partial charge in [-0.25, -0.2) is 8.78 Å². The van der Waals surface area contributed by atoms with Crippen molar-refractivity contribution in [1.82, 2.24) is 15.2 Å². The second-order valence-electron chi connectivity index (χ2n) is 9.54. The van der Waals surface area contributed by atoms with Crippen LogP contribution in [0, 0.1) is 30.4 Å². The van der Waals surface area contributed by atoms with Gasteiger partial charge < -0.3 is 10.2 Å². The van der Waals surface area contributed by atoms with Gasteiger partial charge in [0.25, 0.3) is 5.91 Å². The molecule has 35 heavy (non-hydrogen) atoms. The average molecular weight is 495 g/mol. The third kappa shape index (κ3) is 5.01. The number of halogens is 5. The van der Waals surface area contributed by atoms with Crippen molar-refractivity contribution in [3.8, 4) is 0 Å². The van der Waals surface area contributed by atoms with Gasteiger partial charge in [0.05, 0.1) is 11.6 Å². The molecule has 1 N–H and O–H groups in total. The lowest BCUT2D eigenvalue weighted by Crippen LogP contribution is -2.49. The summed E-state index contributed by atoms with van der Waals surface area (Å²) in [6.07, 6.45) is -1.94. The molecule has 1 unspecified atom stereocenters. The van der Waals surface area contributed by atoms with Crippen molar-refractivity contribution >= 4 is 11.8 Å². The lowest BCUT2D eigenvalue weighted by Gasteiger charge is -2.30. The standard InChI is InChI=1S/C25H26F5N3O2/c1-12-8-21(33(14(12)3)24(35)16-6-7-31-13(2)9-16)23(34)32-22(15-4-5-15)17-10-20(27)18(11-19(17)26)25(28,29)30/h6-7,9-12,14-15,21-22H,4-5,8H2,1-3H3,(H,32,34)/t12-,14-,21-,22?/m1/s1. The van der Waals surface area contributed by atoms with Crippen molar-refractivity contribution in [2.45, 2.75) is 64.3 Å². The maximum absolute atomic E-state index is 14.7. The molecule has 1 saturated heterocycles. The van der Waals surface area contributed by atoms with E-state index < -0.39 is 41.4 Å². The molecular weight excluding hydrogens is 469 g/mol. The van der Waals surface area contributed by atoms with Gasteiger partial charge in [-0.15, -0.1) is 0 Å². The number of hydrogen-bond acceptors (Lipinski definition) is 3. The molecule has 1 aromatic heterocycles. The van der Waals surface area contributed by atoms with Gasteiger partial charge in [0.1, 0.15) is 17.7 Å². The summed E-state index contributed by atoms with van der Waals surface area (Å²) in [5.74, 6) is -3.95. The summed E-state index contributed by atoms with van der Waals surface area (Å²) in [7, 11) is 0. The van der Waals surface area contributed by atoms with Gasteiger partial charge in [-0.1, -0.05) is 6.92 Å². The predicted molar refractivity (Wildman–Crippen MR) is 117 cm³/mol. The summed E-state index contributed by atoms with van der Waals surface area (Å²) >= 11 is 0. The second-order valence-corrected chi connectivity index (χ2v) is 9.54. The highest BCUT2D eigenvalue weighted by Crippen LogP contribution is 2.44. The van der Waals surface area contributed by atoms with Crippen LogP contribution in [0.5, 0.6) is 0 Å². The number of likely N-dealkylation sites (tertiary alicyclic amines) is 1. The van der Waals surface area contributed by atoms with E-state index in [1.54, 1.807) is 19.1 Å². The van der Waals surface area contributed by atoms with Gasteiger partial charge in [0, 0.05) is 29.1 Å². The molecule has 0 bridgehead atoms. The molecule has 1 aromatic carbocycles. The molecule has 4 rings (SSSR count). The Bertz CT molecular complexity index is 1150. The topological polar surface area (TPSA) is 62.3 Å². The van der Waals surface area contributed by atoms with E-state index in [0.717, 1.165) is 0 Å². The van der Waals surface area contributed by atoms with Crippen molar-refractivity contribution in [2.24, 2.45) is 11.8 Å². The molecule has 5 nitrogen and oxygen atoms in total. The SMILES string of the molecule is Cc1cc(C(=O)N2[C@@H](C(=O)NC(c3cc(F)c(C(F)(F)F)cc3F)C3CC3)C[C@@H](C)[C@H]2C)ccn1. The summed E-state index contributed by atoms with van der Waals surface area (Å²) in [4.78, 5) is 32.3. The Morgan fingerprint density at radius 2 is 1.80 bits per heavy atom. The van der Waals surface area contributed by atoms with Crippen molar-refractivity contribution in [3.05, 3.63) is 64.5 Å². The summed E-state index contributed by atoms with van der Waals surface area (Å²) in [5, 5.41) is 2.72. The fraction of sp³-hybridized carbons (Fsp3) is 0.480. The summed E-state index contributed by atoms with van der Waals surface area (Å²) in [5.41, 5.74) is -0.994. The third-order valence-corrected chi connectivity index (χ3v) is 6.99. The first-order chi connectivity index (χ1) is 16.4. The Labute approximate surface area is 199 Å². The van der Waals surface area contributed by atoms with Crippen molar-refractivity contribution in [2.75, 3.05) is 0 Å². The maximum atomic E-state index is 14.7. The summed E-state index contributed by atoms with van der Waals surface area (Å²) in [6, 6.07) is 1.73. The number of carbonyl (C=O) groups is 2. The Balaban J connectivity index is 1.61. The van der Waals surface area contributed by atoms with Gasteiger partial charge >= 0.3 is 6.18 Å². The zero-order valence-corrected chi connectivity index (χ0v) is 19.5. The molecule has 10 heteroatoms. The van der Waals surface area contributed by atoms with Crippen LogP contribution in [-0.4, -0.2) is 33.8 Å². The normalized spacial score (nSPS) is 23.3. The molecule has 2 fully saturated rings. The zero-order chi connectivity index (χ0) is 25.7. The first kappa shape index (κ1) is 25.1. The molecule has 0 spiro atoms. The first-order valence-corrected chi connectivity index (χ1v) is 11.5. The van der Waals surface area contributed by atoms with Crippen LogP contribution in [0.15, 0.2) is 30.5 Å². The third-order valence-electron chi connectivity index (χ3n) is 6.99. The lowest BCUT2D eigenvalue weighted by atomic mass is 9.98. The predicted octanol–water partition coefficient (Wildman–Crippen LogP) is 5.19. The van der Waals surface area contributed by atoms with Crippen LogP contribution in [0.3, 0.4) is 0 Å². The molecule has 2 aliphatic rings. The fourth-order valence-corrected chi connectivity index (χ4v) is 4.75. The van der Waals surface area contributed by atoms with E-state index in [1.807, 2.05) is 13.8 Å². The number of carbonyl (C=O) groups excluding carboxylic acids is 2. The van der Waals surface area contributed by atoms with Gasteiger partial charge in [-0.05, 0) is 69.2 Å². The quantitative estimate of drug-likeness (QED) is 0.581. The van der Waals surface area contributed by atoms with E-state index in [2.05, 4.69) is 10.3 Å². The number of aromatic nitrogens is 1. The molecule has 2 amide bonds. The minimum atomic E-state index is -5.04. The molecule has 0 radical (unpaired) electrons. The minimum absolute atomic E-state index is 0.00254. The highest BCUT2D eigenvalue weighted by atomic mass is 19.4. The van der Waals surface area contributed by atoms with Gasteiger partial charge in [-0.2, -0.15) is 13.2 Å². The molecule has 1 aliphatic carbocycles. The van der Waals surface area contributed by atoms with Crippen LogP contribution in [0.1, 0.15) is 66.3 Å². The van der Waals surface area contributed by atoms with Gasteiger partial charge in [0.2, 0.25) is 5.91 Å². The monoisotopic (exact) mass is 495 g/mol. The Morgan fingerprint density at radius 1 is 1.11 bits per heavy atom. The van der Waals surface area contributed by atoms with Crippen LogP contribution in [0.25, 0.3) is 0 Å². The highest BCUT2D eigenvalue weighted by Gasteiger charge is 2.45. The number of pyridine rings is 1. The molecule has 188 valence electrons. The van der Waals surface area contributed by atoms with Crippen molar-refractivity contribution in [1.29, 1.82) is 0 Å². The number of amides is 2. The zero-order valence-electron chi connectivity index (χ0n) is 19.5. The molecule has 1 aliphatic heterocycles. The number of nitrogens with zero attached hydrogens (tertiary/aromatic N) is 2. The lowest BCUT2D eigenvalue weighted by molar-refractivity contribution is -0.140. The number of nitrogens with one attached hydrogen (secondary N) is 1. The largest absolute Gasteiger partial charge is 0.419 e. The number of hydrogen-bond donors (Lipinski definition) is 1. The Hall–Kier alpha value is -3.04. The number of rotatable bonds is 5. The molecular formula is C25H26F5N3O2. The number of alkyl halides is 3. The van der Waals surface area contributed by atoms with E-state index in [9.17, 15) is 31.5 Å². The smallest absolute Gasteiger partial charge is 0.347 e. The van der Waals surface area contributed by atoms with E-state index >= 15 is 0 Å². The van der Waals surface area contributed by atoms with E-state index in [-0.39, 0.29) is 35.4 Å². The van der Waals surface area contributed by atoms with Gasteiger partial charge in [0.15, 0.2) is 0 Å². The molecule has 1 saturated carbocycles. The fourth-order valence-electron chi connectivity index (χ4n) is 4.75. The molecule has 2 aromatic rings. The molecule has 2 heterocycles. The van der Waals surface area contributed by atoms with Gasteiger partial charge in [-0.3, -0.25) is 14.6 Å². The second kappa shape index (κ2) is 9.20. The average Bonchev–Trinajstić information content (AvgIpc) is 3.57. The van der Waals surface area contributed by atoms with Crippen LogP contribution < -0.4 is 5.32 Å². The van der Waals surface area contributed by atoms with Crippen molar-refractivity contribution < 1.29 is 31.5 Å². The van der Waals surface area contributed by atoms with Crippen LogP contribution in [0.2, 0.25) is 0 Å². The number of benzene rings is 1. The Morgan fingerprint density at radius 3 is 2.40 bits per heavy atom. The van der Waals surface area contributed by atoms with E-state index in [4.69, 9.17) is 0 Å². The summed E-state index contributed by atoms with van der Waals surface area (Å²) in [6.45, 7) is 5.50. The van der Waals surface area contributed by atoms with Crippen LogP contribution >= 0.6 is 0 Å². The van der Waals surface area contributed by atoms with Crippen molar-refractivity contribution in [3.63, 3.8) is 0 Å². The number of aryl methyl sites for hydroxylation is 1. The first-order valence-electron chi connectivity index (χ1n) is 11.5. The van der Waals surface area contributed by atoms with Crippen LogP contribution in [-0.2, 0) is 11.0 Å². The maximum Gasteiger partial charge on any atom is 0.419 e. The summed E-state index contributed by atoms with van der Waals surface area (Å²) < 4.78 is 67.9. The highest BCUT2D eigenvalue weighted by molar-refractivity contribution is 5.98. The minimum Gasteiger partial charge on any atom is -0.347 e. The van der Waals surface area contributed by atoms with Crippen LogP contribution in [0.4, 0.5) is 22.0 Å². The Kier molecular flexibility index (Phi) is 6.59.